The first-order valence-corrected chi connectivity index (χ1v) is 7.06. The van der Waals surface area contributed by atoms with Gasteiger partial charge in [-0.25, -0.2) is 4.79 Å². The van der Waals surface area contributed by atoms with E-state index in [1.165, 1.54) is 0 Å². The normalized spacial score (nSPS) is 32.5. The van der Waals surface area contributed by atoms with Crippen molar-refractivity contribution in [1.82, 2.24) is 5.32 Å². The Morgan fingerprint density at radius 3 is 2.38 bits per heavy atom. The van der Waals surface area contributed by atoms with E-state index in [1.807, 2.05) is 0 Å². The molecular formula is C13H21NO10. The molecule has 1 saturated heterocycles. The number of aliphatic hydroxyl groups excluding tert-OH is 3. The summed E-state index contributed by atoms with van der Waals surface area (Å²) in [4.78, 5) is 33.1. The number of hydrogen-bond acceptors (Lipinski definition) is 9. The van der Waals surface area contributed by atoms with Gasteiger partial charge in [0.25, 0.3) is 5.79 Å². The number of aliphatic carboxylic acids is 1. The molecule has 1 rings (SSSR count). The van der Waals surface area contributed by atoms with Crippen LogP contribution < -0.4 is 5.32 Å². The van der Waals surface area contributed by atoms with Crippen LogP contribution in [0.25, 0.3) is 0 Å². The van der Waals surface area contributed by atoms with Gasteiger partial charge in [-0.05, 0) is 0 Å². The fourth-order valence-electron chi connectivity index (χ4n) is 2.33. The fraction of sp³-hybridized carbons (Fsp3) is 0.769. The van der Waals surface area contributed by atoms with Crippen molar-refractivity contribution in [3.05, 3.63) is 0 Å². The highest BCUT2D eigenvalue weighted by Gasteiger charge is 2.53. The molecule has 11 nitrogen and oxygen atoms in total. The molecule has 1 aliphatic rings. The van der Waals surface area contributed by atoms with Crippen molar-refractivity contribution in [3.63, 3.8) is 0 Å². The minimum Gasteiger partial charge on any atom is -0.477 e. The van der Waals surface area contributed by atoms with Gasteiger partial charge in [-0.1, -0.05) is 0 Å². The SMILES string of the molecule is CC(=O)N[C@H]1[C@H]([C@H](O)[C@H](O)COC(C)=O)O[C@](O)(C(=O)O)C[C@H]1O. The topological polar surface area (TPSA) is 183 Å². The summed E-state index contributed by atoms with van der Waals surface area (Å²) in [5.41, 5.74) is 0. The van der Waals surface area contributed by atoms with E-state index in [9.17, 15) is 34.8 Å². The van der Waals surface area contributed by atoms with Crippen LogP contribution >= 0.6 is 0 Å². The summed E-state index contributed by atoms with van der Waals surface area (Å²) >= 11 is 0. The highest BCUT2D eigenvalue weighted by molar-refractivity contribution is 5.76. The number of carboxylic acid groups (broad SMARTS) is 1. The largest absolute Gasteiger partial charge is 0.477 e. The molecule has 6 N–H and O–H groups in total. The van der Waals surface area contributed by atoms with Gasteiger partial charge in [0, 0.05) is 20.3 Å². The maximum atomic E-state index is 11.2. The third-order valence-corrected chi connectivity index (χ3v) is 3.48. The summed E-state index contributed by atoms with van der Waals surface area (Å²) in [5.74, 6) is -5.97. The molecule has 0 aliphatic carbocycles. The van der Waals surface area contributed by atoms with Crippen LogP contribution in [0.2, 0.25) is 0 Å². The first-order valence-electron chi connectivity index (χ1n) is 7.06. The first-order chi connectivity index (χ1) is 11.0. The number of rotatable bonds is 6. The second kappa shape index (κ2) is 7.85. The van der Waals surface area contributed by atoms with Gasteiger partial charge in [-0.15, -0.1) is 0 Å². The molecule has 11 heteroatoms. The third kappa shape index (κ3) is 4.85. The Bertz CT molecular complexity index is 497. The van der Waals surface area contributed by atoms with Crippen molar-refractivity contribution in [3.8, 4) is 0 Å². The zero-order chi connectivity index (χ0) is 18.7. The van der Waals surface area contributed by atoms with E-state index >= 15 is 0 Å². The van der Waals surface area contributed by atoms with Gasteiger partial charge in [-0.3, -0.25) is 9.59 Å². The second-order valence-electron chi connectivity index (χ2n) is 5.53. The summed E-state index contributed by atoms with van der Waals surface area (Å²) in [6.07, 6.45) is -7.61. The van der Waals surface area contributed by atoms with Gasteiger partial charge in [0.2, 0.25) is 5.91 Å². The molecule has 0 aromatic heterocycles. The van der Waals surface area contributed by atoms with Gasteiger partial charge < -0.3 is 40.3 Å². The van der Waals surface area contributed by atoms with Crippen molar-refractivity contribution < 1.29 is 49.4 Å². The summed E-state index contributed by atoms with van der Waals surface area (Å²) in [6.45, 7) is 1.55. The lowest BCUT2D eigenvalue weighted by atomic mass is 9.88. The Hall–Kier alpha value is -1.79. The number of nitrogens with one attached hydrogen (secondary N) is 1. The average molecular weight is 351 g/mol. The molecule has 1 aliphatic heterocycles. The third-order valence-electron chi connectivity index (χ3n) is 3.48. The molecule has 0 spiro atoms. The van der Waals surface area contributed by atoms with Crippen LogP contribution in [0.5, 0.6) is 0 Å². The smallest absolute Gasteiger partial charge is 0.364 e. The van der Waals surface area contributed by atoms with Crippen LogP contribution in [0.3, 0.4) is 0 Å². The molecule has 1 fully saturated rings. The van der Waals surface area contributed by atoms with Gasteiger partial charge in [0.05, 0.1) is 12.1 Å². The fourth-order valence-corrected chi connectivity index (χ4v) is 2.33. The highest BCUT2D eigenvalue weighted by Crippen LogP contribution is 2.30. The maximum Gasteiger partial charge on any atom is 0.364 e. The first kappa shape index (κ1) is 20.3. The van der Waals surface area contributed by atoms with Crippen molar-refractivity contribution >= 4 is 17.8 Å². The number of aliphatic hydroxyl groups is 4. The van der Waals surface area contributed by atoms with Crippen LogP contribution in [0.15, 0.2) is 0 Å². The van der Waals surface area contributed by atoms with Crippen LogP contribution in [0, 0.1) is 0 Å². The van der Waals surface area contributed by atoms with E-state index in [1.54, 1.807) is 0 Å². The molecule has 1 heterocycles. The summed E-state index contributed by atoms with van der Waals surface area (Å²) in [7, 11) is 0. The van der Waals surface area contributed by atoms with Crippen LogP contribution in [0.1, 0.15) is 20.3 Å². The molecule has 1 amide bonds. The molecule has 0 saturated carbocycles. The molecule has 6 atom stereocenters. The number of carboxylic acids is 1. The van der Waals surface area contributed by atoms with Gasteiger partial charge >= 0.3 is 11.9 Å². The predicted octanol–water partition coefficient (Wildman–Crippen LogP) is -3.30. The molecular weight excluding hydrogens is 330 g/mol. The minimum atomic E-state index is -2.82. The summed E-state index contributed by atoms with van der Waals surface area (Å²) in [5, 5.41) is 51.2. The maximum absolute atomic E-state index is 11.2. The monoisotopic (exact) mass is 351 g/mol. The van der Waals surface area contributed by atoms with E-state index < -0.39 is 67.1 Å². The number of amides is 1. The molecule has 0 radical (unpaired) electrons. The van der Waals surface area contributed by atoms with Crippen LogP contribution in [-0.2, 0) is 23.9 Å². The lowest BCUT2D eigenvalue weighted by Gasteiger charge is -2.44. The average Bonchev–Trinajstić information content (AvgIpc) is 2.46. The van der Waals surface area contributed by atoms with Crippen molar-refractivity contribution in [2.45, 2.75) is 56.5 Å². The van der Waals surface area contributed by atoms with Crippen LogP contribution in [0.4, 0.5) is 0 Å². The standard InChI is InChI=1S/C13H21NO10/c1-5(15)14-9-7(17)3-13(22,12(20)21)24-11(9)10(19)8(18)4-23-6(2)16/h7-11,17-19,22H,3-4H2,1-2H3,(H,14,15)(H,20,21)/t7-,8-,9-,10-,11-,13+/m1/s1. The number of carbonyl (C=O) groups excluding carboxylic acids is 2. The zero-order valence-electron chi connectivity index (χ0n) is 13.1. The number of ether oxygens (including phenoxy) is 2. The quantitative estimate of drug-likeness (QED) is 0.265. The van der Waals surface area contributed by atoms with Gasteiger partial charge in [-0.2, -0.15) is 0 Å². The van der Waals surface area contributed by atoms with Gasteiger partial charge in [0.15, 0.2) is 0 Å². The van der Waals surface area contributed by atoms with Crippen molar-refractivity contribution in [2.75, 3.05) is 6.61 Å². The van der Waals surface area contributed by atoms with Crippen molar-refractivity contribution in [2.24, 2.45) is 0 Å². The second-order valence-corrected chi connectivity index (χ2v) is 5.53. The lowest BCUT2D eigenvalue weighted by molar-refractivity contribution is -0.295. The Labute approximate surface area is 136 Å². The lowest BCUT2D eigenvalue weighted by Crippen LogP contribution is -2.67. The van der Waals surface area contributed by atoms with E-state index in [0.717, 1.165) is 13.8 Å². The Morgan fingerprint density at radius 2 is 1.92 bits per heavy atom. The van der Waals surface area contributed by atoms with E-state index in [2.05, 4.69) is 10.1 Å². The summed E-state index contributed by atoms with van der Waals surface area (Å²) in [6, 6.07) is -1.30. The molecule has 138 valence electrons. The molecule has 24 heavy (non-hydrogen) atoms. The Kier molecular flexibility index (Phi) is 6.63. The van der Waals surface area contributed by atoms with E-state index in [4.69, 9.17) is 9.84 Å². The number of hydrogen-bond donors (Lipinski definition) is 6. The molecule has 0 aromatic carbocycles. The number of esters is 1. The highest BCUT2D eigenvalue weighted by atomic mass is 16.7. The van der Waals surface area contributed by atoms with E-state index in [-0.39, 0.29) is 0 Å². The molecule has 0 unspecified atom stereocenters. The Morgan fingerprint density at radius 1 is 1.33 bits per heavy atom. The van der Waals surface area contributed by atoms with Crippen molar-refractivity contribution in [1.29, 1.82) is 0 Å². The predicted molar refractivity (Wildman–Crippen MR) is 74.3 cm³/mol. The molecule has 0 bridgehead atoms. The minimum absolute atomic E-state index is 0.616. The van der Waals surface area contributed by atoms with E-state index in [0.29, 0.717) is 0 Å². The van der Waals surface area contributed by atoms with Crippen LogP contribution in [-0.4, -0.2) is 86.2 Å². The number of carbonyl (C=O) groups is 3. The molecule has 0 aromatic rings. The Balaban J connectivity index is 3.01. The summed E-state index contributed by atoms with van der Waals surface area (Å²) < 4.78 is 9.46. The van der Waals surface area contributed by atoms with Gasteiger partial charge in [0.1, 0.15) is 24.9 Å². The zero-order valence-corrected chi connectivity index (χ0v) is 13.1.